The van der Waals surface area contributed by atoms with Crippen molar-refractivity contribution in [1.82, 2.24) is 0 Å². The maximum atomic E-state index is 10.9. The van der Waals surface area contributed by atoms with Gasteiger partial charge < -0.3 is 14.6 Å². The fourth-order valence-electron chi connectivity index (χ4n) is 1.39. The number of aromatic carboxylic acids is 1. The molecule has 1 N–H and O–H groups in total. The molecule has 0 aliphatic carbocycles. The number of carbonyl (C=O) groups is 1. The maximum absolute atomic E-state index is 10.9. The van der Waals surface area contributed by atoms with E-state index < -0.39 is 5.97 Å². The molecule has 6 heteroatoms. The van der Waals surface area contributed by atoms with Gasteiger partial charge in [-0.15, -0.1) is 0 Å². The van der Waals surface area contributed by atoms with E-state index in [2.05, 4.69) is 4.99 Å². The van der Waals surface area contributed by atoms with Crippen LogP contribution in [0, 0.1) is 0 Å². The minimum atomic E-state index is -1.19. The summed E-state index contributed by atoms with van der Waals surface area (Å²) in [5.41, 5.74) is -0.112. The second-order valence-corrected chi connectivity index (χ2v) is 3.02. The Morgan fingerprint density at radius 3 is 2.50 bits per heavy atom. The van der Waals surface area contributed by atoms with Gasteiger partial charge in [-0.1, -0.05) is 0 Å². The number of hydrogen-bond acceptors (Lipinski definition) is 5. The molecule has 2 rings (SSSR count). The molecule has 0 amide bonds. The van der Waals surface area contributed by atoms with Crippen molar-refractivity contribution in [3.05, 3.63) is 17.7 Å². The van der Waals surface area contributed by atoms with Gasteiger partial charge in [0.2, 0.25) is 6.08 Å². The summed E-state index contributed by atoms with van der Waals surface area (Å²) in [4.78, 5) is 24.4. The Kier molecular flexibility index (Phi) is 2.57. The number of rotatable bonds is 2. The van der Waals surface area contributed by atoms with Gasteiger partial charge >= 0.3 is 5.97 Å². The van der Waals surface area contributed by atoms with Gasteiger partial charge in [0.05, 0.1) is 11.3 Å². The summed E-state index contributed by atoms with van der Waals surface area (Å²) in [5.74, 6) is -0.468. The van der Waals surface area contributed by atoms with Crippen molar-refractivity contribution in [3.8, 4) is 11.5 Å². The molecule has 1 heterocycles. The molecule has 0 radical (unpaired) electrons. The van der Waals surface area contributed by atoms with Crippen molar-refractivity contribution < 1.29 is 24.2 Å². The van der Waals surface area contributed by atoms with Crippen LogP contribution in [-0.4, -0.2) is 30.4 Å². The lowest BCUT2D eigenvalue weighted by Crippen LogP contribution is -2.15. The first-order valence-corrected chi connectivity index (χ1v) is 4.47. The summed E-state index contributed by atoms with van der Waals surface area (Å²) >= 11 is 0. The SMILES string of the molecule is O=C=Nc1cc2c(cc1C(=O)O)OCCO2. The van der Waals surface area contributed by atoms with Crippen molar-refractivity contribution in [2.24, 2.45) is 4.99 Å². The van der Waals surface area contributed by atoms with E-state index in [1.54, 1.807) is 0 Å². The third-order valence-corrected chi connectivity index (χ3v) is 2.06. The lowest BCUT2D eigenvalue weighted by Gasteiger charge is -2.18. The van der Waals surface area contributed by atoms with Gasteiger partial charge in [-0.05, 0) is 0 Å². The lowest BCUT2D eigenvalue weighted by molar-refractivity contribution is 0.0696. The molecule has 0 unspecified atom stereocenters. The monoisotopic (exact) mass is 221 g/mol. The van der Waals surface area contributed by atoms with Gasteiger partial charge in [0.25, 0.3) is 0 Å². The Bertz CT molecular complexity index is 459. The Morgan fingerprint density at radius 1 is 1.31 bits per heavy atom. The average Bonchev–Trinajstić information content (AvgIpc) is 2.28. The van der Waals surface area contributed by atoms with Crippen LogP contribution in [0.4, 0.5) is 5.69 Å². The van der Waals surface area contributed by atoms with E-state index >= 15 is 0 Å². The summed E-state index contributed by atoms with van der Waals surface area (Å²) < 4.78 is 10.5. The van der Waals surface area contributed by atoms with Crippen LogP contribution in [0.3, 0.4) is 0 Å². The zero-order valence-corrected chi connectivity index (χ0v) is 8.10. The maximum Gasteiger partial charge on any atom is 0.338 e. The molecule has 1 aromatic carbocycles. The van der Waals surface area contributed by atoms with E-state index in [4.69, 9.17) is 14.6 Å². The van der Waals surface area contributed by atoms with E-state index in [-0.39, 0.29) is 11.3 Å². The molecular formula is C10H7NO5. The molecule has 0 saturated heterocycles. The van der Waals surface area contributed by atoms with E-state index in [9.17, 15) is 9.59 Å². The van der Waals surface area contributed by atoms with Crippen LogP contribution >= 0.6 is 0 Å². The number of carboxylic acids is 1. The minimum absolute atomic E-state index is 0.00625. The normalized spacial score (nSPS) is 12.8. The summed E-state index contributed by atoms with van der Waals surface area (Å²) in [6, 6.07) is 2.63. The van der Waals surface area contributed by atoms with E-state index in [1.807, 2.05) is 0 Å². The number of aliphatic imine (C=N–C) groups is 1. The molecule has 0 bridgehead atoms. The molecule has 1 aliphatic heterocycles. The topological polar surface area (TPSA) is 85.2 Å². The smallest absolute Gasteiger partial charge is 0.338 e. The van der Waals surface area contributed by atoms with Gasteiger partial charge in [0, 0.05) is 12.1 Å². The van der Waals surface area contributed by atoms with E-state index in [0.717, 1.165) is 0 Å². The number of nitrogens with zero attached hydrogens (tertiary/aromatic N) is 1. The van der Waals surface area contributed by atoms with Crippen LogP contribution in [0.15, 0.2) is 17.1 Å². The summed E-state index contributed by atoms with van der Waals surface area (Å²) in [7, 11) is 0. The van der Waals surface area contributed by atoms with Crippen molar-refractivity contribution >= 4 is 17.7 Å². The Morgan fingerprint density at radius 2 is 1.94 bits per heavy atom. The number of benzene rings is 1. The van der Waals surface area contributed by atoms with Crippen LogP contribution in [0.2, 0.25) is 0 Å². The first kappa shape index (κ1) is 10.2. The van der Waals surface area contributed by atoms with Crippen LogP contribution in [0.5, 0.6) is 11.5 Å². The fraction of sp³-hybridized carbons (Fsp3) is 0.200. The average molecular weight is 221 g/mol. The quantitative estimate of drug-likeness (QED) is 0.597. The molecular weight excluding hydrogens is 214 g/mol. The number of hydrogen-bond donors (Lipinski definition) is 1. The van der Waals surface area contributed by atoms with Gasteiger partial charge in [0.15, 0.2) is 11.5 Å². The van der Waals surface area contributed by atoms with Crippen molar-refractivity contribution in [1.29, 1.82) is 0 Å². The highest BCUT2D eigenvalue weighted by Gasteiger charge is 2.19. The fourth-order valence-corrected chi connectivity index (χ4v) is 1.39. The highest BCUT2D eigenvalue weighted by atomic mass is 16.6. The molecule has 82 valence electrons. The number of ether oxygens (including phenoxy) is 2. The van der Waals surface area contributed by atoms with E-state index in [1.165, 1.54) is 18.2 Å². The van der Waals surface area contributed by atoms with Gasteiger partial charge in [-0.25, -0.2) is 9.59 Å². The van der Waals surface area contributed by atoms with Crippen molar-refractivity contribution in [2.45, 2.75) is 0 Å². The van der Waals surface area contributed by atoms with E-state index in [0.29, 0.717) is 24.7 Å². The largest absolute Gasteiger partial charge is 0.486 e. The van der Waals surface area contributed by atoms with Gasteiger partial charge in [0.1, 0.15) is 13.2 Å². The highest BCUT2D eigenvalue weighted by molar-refractivity contribution is 5.95. The number of carboxylic acid groups (broad SMARTS) is 1. The summed E-state index contributed by atoms with van der Waals surface area (Å²) in [5, 5.41) is 8.91. The van der Waals surface area contributed by atoms with Crippen LogP contribution < -0.4 is 9.47 Å². The zero-order chi connectivity index (χ0) is 11.5. The van der Waals surface area contributed by atoms with Gasteiger partial charge in [-0.2, -0.15) is 4.99 Å². The lowest BCUT2D eigenvalue weighted by atomic mass is 10.1. The van der Waals surface area contributed by atoms with Crippen molar-refractivity contribution in [2.75, 3.05) is 13.2 Å². The van der Waals surface area contributed by atoms with Crippen molar-refractivity contribution in [3.63, 3.8) is 0 Å². The zero-order valence-electron chi connectivity index (χ0n) is 8.10. The number of carbonyl (C=O) groups excluding carboxylic acids is 1. The van der Waals surface area contributed by atoms with Crippen LogP contribution in [0.25, 0.3) is 0 Å². The molecule has 0 atom stereocenters. The molecule has 0 saturated carbocycles. The molecule has 1 aliphatic rings. The third kappa shape index (κ3) is 1.74. The number of fused-ring (bicyclic) bond motifs is 1. The molecule has 0 fully saturated rings. The molecule has 16 heavy (non-hydrogen) atoms. The van der Waals surface area contributed by atoms with Gasteiger partial charge in [-0.3, -0.25) is 0 Å². The Labute approximate surface area is 90.1 Å². The highest BCUT2D eigenvalue weighted by Crippen LogP contribution is 2.36. The standard InChI is InChI=1S/C10H7NO5/c12-5-11-7-4-9-8(15-1-2-16-9)3-6(7)10(13)14/h3-4H,1-2H2,(H,13,14). The van der Waals surface area contributed by atoms with Crippen LogP contribution in [-0.2, 0) is 4.79 Å². The molecule has 0 aromatic heterocycles. The third-order valence-electron chi connectivity index (χ3n) is 2.06. The summed E-state index contributed by atoms with van der Waals surface area (Å²) in [6.07, 6.45) is 1.30. The second-order valence-electron chi connectivity index (χ2n) is 3.02. The van der Waals surface area contributed by atoms with Crippen LogP contribution in [0.1, 0.15) is 10.4 Å². The first-order valence-electron chi connectivity index (χ1n) is 4.47. The summed E-state index contributed by atoms with van der Waals surface area (Å²) in [6.45, 7) is 0.742. The Balaban J connectivity index is 2.58. The predicted octanol–water partition coefficient (Wildman–Crippen LogP) is 1.12. The molecule has 0 spiro atoms. The second kappa shape index (κ2) is 4.04. The Hall–Kier alpha value is -2.33. The molecule has 1 aromatic rings. The molecule has 6 nitrogen and oxygen atoms in total. The minimum Gasteiger partial charge on any atom is -0.486 e. The predicted molar refractivity (Wildman–Crippen MR) is 52.2 cm³/mol. The first-order chi connectivity index (χ1) is 7.72. The number of isocyanates is 1.